The van der Waals surface area contributed by atoms with Crippen LogP contribution < -0.4 is 5.32 Å². The van der Waals surface area contributed by atoms with Crippen molar-refractivity contribution in [2.75, 3.05) is 66.2 Å². The molecule has 2 fully saturated rings. The van der Waals surface area contributed by atoms with Crippen LogP contribution in [0.25, 0.3) is 0 Å². The molecule has 2 saturated heterocycles. The van der Waals surface area contributed by atoms with E-state index in [0.717, 1.165) is 71.5 Å². The average Bonchev–Trinajstić information content (AvgIpc) is 3.01. The van der Waals surface area contributed by atoms with Crippen molar-refractivity contribution in [1.29, 1.82) is 0 Å². The molecule has 0 saturated carbocycles. The molecule has 1 atom stereocenters. The van der Waals surface area contributed by atoms with Crippen molar-refractivity contribution in [3.05, 3.63) is 0 Å². The summed E-state index contributed by atoms with van der Waals surface area (Å²) in [5.74, 6) is 1.06. The third-order valence-electron chi connectivity index (χ3n) is 4.13. The van der Waals surface area contributed by atoms with E-state index in [1.165, 1.54) is 6.42 Å². The number of rotatable bonds is 6. The first kappa shape index (κ1) is 16.5. The van der Waals surface area contributed by atoms with Crippen molar-refractivity contribution in [2.24, 2.45) is 4.99 Å². The lowest BCUT2D eigenvalue weighted by Gasteiger charge is -2.32. The zero-order valence-electron chi connectivity index (χ0n) is 13.5. The quantitative estimate of drug-likeness (QED) is 0.437. The number of aliphatic imine (C=N–C) groups is 1. The van der Waals surface area contributed by atoms with Gasteiger partial charge in [-0.05, 0) is 19.8 Å². The van der Waals surface area contributed by atoms with Gasteiger partial charge in [-0.2, -0.15) is 0 Å². The molecule has 6 heteroatoms. The second-order valence-corrected chi connectivity index (χ2v) is 5.62. The van der Waals surface area contributed by atoms with Crippen LogP contribution >= 0.6 is 0 Å². The third kappa shape index (κ3) is 5.13. The van der Waals surface area contributed by atoms with E-state index in [2.05, 4.69) is 22.0 Å². The summed E-state index contributed by atoms with van der Waals surface area (Å²) in [6.07, 6.45) is 2.20. The van der Waals surface area contributed by atoms with Crippen LogP contribution in [0.1, 0.15) is 19.8 Å². The van der Waals surface area contributed by atoms with Crippen LogP contribution in [0.4, 0.5) is 0 Å². The summed E-state index contributed by atoms with van der Waals surface area (Å²) < 4.78 is 10.5. The molecule has 0 aliphatic carbocycles. The monoisotopic (exact) mass is 298 g/mol. The van der Waals surface area contributed by atoms with E-state index in [4.69, 9.17) is 14.5 Å². The topological polar surface area (TPSA) is 49.3 Å². The summed E-state index contributed by atoms with van der Waals surface area (Å²) >= 11 is 0. The van der Waals surface area contributed by atoms with E-state index in [1.54, 1.807) is 7.11 Å². The van der Waals surface area contributed by atoms with Gasteiger partial charge in [0.15, 0.2) is 5.96 Å². The van der Waals surface area contributed by atoms with Crippen molar-refractivity contribution < 1.29 is 9.47 Å². The molecule has 6 nitrogen and oxygen atoms in total. The predicted molar refractivity (Wildman–Crippen MR) is 84.8 cm³/mol. The Kier molecular flexibility index (Phi) is 7.26. The van der Waals surface area contributed by atoms with Crippen molar-refractivity contribution in [2.45, 2.75) is 25.8 Å². The van der Waals surface area contributed by atoms with E-state index in [0.29, 0.717) is 6.04 Å². The number of likely N-dealkylation sites (tertiary alicyclic amines) is 1. The Bertz CT molecular complexity index is 319. The molecule has 1 N–H and O–H groups in total. The standard InChI is InChI=1S/C15H30N4O2/c1-3-16-15(17-6-4-10-20-2)19-7-5-14(13-19)18-8-11-21-12-9-18/h14H,3-13H2,1-2H3,(H,16,17). The maximum atomic E-state index is 5.45. The SMILES string of the molecule is CCNC(=NCCCOC)N1CCC(N2CCOCC2)C1. The second kappa shape index (κ2) is 9.23. The van der Waals surface area contributed by atoms with Gasteiger partial charge in [0.2, 0.25) is 0 Å². The molecule has 0 spiro atoms. The van der Waals surface area contributed by atoms with Gasteiger partial charge in [0.05, 0.1) is 13.2 Å². The van der Waals surface area contributed by atoms with Crippen molar-refractivity contribution in [3.63, 3.8) is 0 Å². The lowest BCUT2D eigenvalue weighted by atomic mass is 10.2. The highest BCUT2D eigenvalue weighted by Crippen LogP contribution is 2.17. The Morgan fingerprint density at radius 3 is 2.86 bits per heavy atom. The third-order valence-corrected chi connectivity index (χ3v) is 4.13. The lowest BCUT2D eigenvalue weighted by molar-refractivity contribution is 0.0195. The first-order valence-electron chi connectivity index (χ1n) is 8.19. The zero-order valence-corrected chi connectivity index (χ0v) is 13.5. The van der Waals surface area contributed by atoms with E-state index < -0.39 is 0 Å². The van der Waals surface area contributed by atoms with Crippen LogP contribution in [0, 0.1) is 0 Å². The van der Waals surface area contributed by atoms with Crippen molar-refractivity contribution >= 4 is 5.96 Å². The Morgan fingerprint density at radius 1 is 1.33 bits per heavy atom. The summed E-state index contributed by atoms with van der Waals surface area (Å²) in [4.78, 5) is 9.69. The van der Waals surface area contributed by atoms with Gasteiger partial charge < -0.3 is 19.7 Å². The fraction of sp³-hybridized carbons (Fsp3) is 0.933. The number of hydrogen-bond acceptors (Lipinski definition) is 4. The summed E-state index contributed by atoms with van der Waals surface area (Å²) in [5, 5.41) is 3.42. The Balaban J connectivity index is 1.83. The van der Waals surface area contributed by atoms with Crippen LogP contribution in [-0.4, -0.2) is 88.0 Å². The zero-order chi connectivity index (χ0) is 14.9. The molecule has 0 amide bonds. The molecule has 0 radical (unpaired) electrons. The maximum Gasteiger partial charge on any atom is 0.193 e. The van der Waals surface area contributed by atoms with Gasteiger partial charge in [0.1, 0.15) is 0 Å². The van der Waals surface area contributed by atoms with Crippen molar-refractivity contribution in [3.8, 4) is 0 Å². The highest BCUT2D eigenvalue weighted by molar-refractivity contribution is 5.80. The van der Waals surface area contributed by atoms with E-state index in [1.807, 2.05) is 0 Å². The van der Waals surface area contributed by atoms with Crippen LogP contribution in [0.3, 0.4) is 0 Å². The predicted octanol–water partition coefficient (Wildman–Crippen LogP) is 0.395. The van der Waals surface area contributed by atoms with Crippen LogP contribution in [0.2, 0.25) is 0 Å². The van der Waals surface area contributed by atoms with Gasteiger partial charge in [-0.1, -0.05) is 0 Å². The Hall–Kier alpha value is -0.850. The number of nitrogens with one attached hydrogen (secondary N) is 1. The highest BCUT2D eigenvalue weighted by atomic mass is 16.5. The summed E-state index contributed by atoms with van der Waals surface area (Å²) in [6, 6.07) is 0.650. The first-order valence-corrected chi connectivity index (χ1v) is 8.19. The van der Waals surface area contributed by atoms with Crippen LogP contribution in [0.5, 0.6) is 0 Å². The largest absolute Gasteiger partial charge is 0.385 e. The maximum absolute atomic E-state index is 5.45. The number of nitrogens with zero attached hydrogens (tertiary/aromatic N) is 3. The normalized spacial score (nSPS) is 24.6. The number of ether oxygens (including phenoxy) is 2. The van der Waals surface area contributed by atoms with Gasteiger partial charge in [-0.15, -0.1) is 0 Å². The number of methoxy groups -OCH3 is 1. The first-order chi connectivity index (χ1) is 10.3. The fourth-order valence-electron chi connectivity index (χ4n) is 2.99. The molecule has 2 rings (SSSR count). The Labute approximate surface area is 128 Å². The molecule has 0 aromatic carbocycles. The minimum absolute atomic E-state index is 0.650. The summed E-state index contributed by atoms with van der Waals surface area (Å²) in [5.41, 5.74) is 0. The van der Waals surface area contributed by atoms with Gasteiger partial charge in [0, 0.05) is 59.0 Å². The minimum Gasteiger partial charge on any atom is -0.385 e. The minimum atomic E-state index is 0.650. The fourth-order valence-corrected chi connectivity index (χ4v) is 2.99. The van der Waals surface area contributed by atoms with Gasteiger partial charge >= 0.3 is 0 Å². The molecule has 0 aromatic heterocycles. The van der Waals surface area contributed by atoms with E-state index >= 15 is 0 Å². The molecule has 2 heterocycles. The van der Waals surface area contributed by atoms with Gasteiger partial charge in [-0.25, -0.2) is 0 Å². The number of guanidine groups is 1. The second-order valence-electron chi connectivity index (χ2n) is 5.62. The lowest BCUT2D eigenvalue weighted by Crippen LogP contribution is -2.46. The average molecular weight is 298 g/mol. The van der Waals surface area contributed by atoms with Crippen LogP contribution in [0.15, 0.2) is 4.99 Å². The molecule has 0 aromatic rings. The van der Waals surface area contributed by atoms with Crippen LogP contribution in [-0.2, 0) is 9.47 Å². The van der Waals surface area contributed by atoms with Crippen molar-refractivity contribution in [1.82, 2.24) is 15.1 Å². The molecule has 2 aliphatic heterocycles. The molecule has 1 unspecified atom stereocenters. The van der Waals surface area contributed by atoms with Gasteiger partial charge in [0.25, 0.3) is 0 Å². The van der Waals surface area contributed by atoms with E-state index in [-0.39, 0.29) is 0 Å². The molecule has 21 heavy (non-hydrogen) atoms. The smallest absolute Gasteiger partial charge is 0.193 e. The summed E-state index contributed by atoms with van der Waals surface area (Å²) in [6.45, 7) is 10.7. The summed E-state index contributed by atoms with van der Waals surface area (Å²) in [7, 11) is 1.74. The Morgan fingerprint density at radius 2 is 2.14 bits per heavy atom. The number of morpholine rings is 1. The molecular formula is C15H30N4O2. The molecule has 0 bridgehead atoms. The molecule has 122 valence electrons. The highest BCUT2D eigenvalue weighted by Gasteiger charge is 2.30. The molecule has 2 aliphatic rings. The van der Waals surface area contributed by atoms with E-state index in [9.17, 15) is 0 Å². The number of hydrogen-bond donors (Lipinski definition) is 1. The molecular weight excluding hydrogens is 268 g/mol. The van der Waals surface area contributed by atoms with Gasteiger partial charge in [-0.3, -0.25) is 9.89 Å².